The van der Waals surface area contributed by atoms with E-state index in [1.54, 1.807) is 0 Å². The number of nitrogens with zero attached hydrogens (tertiary/aromatic N) is 1. The summed E-state index contributed by atoms with van der Waals surface area (Å²) >= 11 is 0. The Bertz CT molecular complexity index is 610. The number of nitrogens with two attached hydrogens (primary N) is 1. The molecule has 0 spiro atoms. The van der Waals surface area contributed by atoms with Crippen LogP contribution in [0.3, 0.4) is 0 Å². The van der Waals surface area contributed by atoms with Crippen molar-refractivity contribution in [2.75, 3.05) is 32.1 Å². The Labute approximate surface area is 140 Å². The van der Waals surface area contributed by atoms with Gasteiger partial charge in [0.2, 0.25) is 0 Å². The molecule has 3 nitrogen and oxygen atoms in total. The number of ether oxygens (including phenoxy) is 1. The molecule has 0 fully saturated rings. The Morgan fingerprint density at radius 3 is 2.57 bits per heavy atom. The van der Waals surface area contributed by atoms with E-state index in [1.165, 1.54) is 11.1 Å². The lowest BCUT2D eigenvalue weighted by Gasteiger charge is -2.18. The molecule has 0 radical (unpaired) electrons. The first-order chi connectivity index (χ1) is 11.1. The van der Waals surface area contributed by atoms with Gasteiger partial charge in [0.25, 0.3) is 0 Å². The highest BCUT2D eigenvalue weighted by Gasteiger charge is 2.11. The van der Waals surface area contributed by atoms with Crippen LogP contribution in [0.4, 0.5) is 5.69 Å². The lowest BCUT2D eigenvalue weighted by molar-refractivity contribution is 0.302. The highest BCUT2D eigenvalue weighted by molar-refractivity contribution is 5.49. The van der Waals surface area contributed by atoms with Crippen LogP contribution >= 0.6 is 0 Å². The van der Waals surface area contributed by atoms with Crippen molar-refractivity contribution >= 4 is 5.69 Å². The van der Waals surface area contributed by atoms with Crippen LogP contribution in [-0.4, -0.2) is 27.2 Å². The predicted octanol–water partition coefficient (Wildman–Crippen LogP) is 3.96. The molecule has 0 aliphatic rings. The van der Waals surface area contributed by atoms with Crippen LogP contribution in [0.25, 0.3) is 0 Å². The Hall–Kier alpha value is -2.00. The molecule has 2 aromatic rings. The van der Waals surface area contributed by atoms with Crippen molar-refractivity contribution in [1.29, 1.82) is 0 Å². The minimum Gasteiger partial charge on any atom is -0.494 e. The van der Waals surface area contributed by atoms with Crippen LogP contribution in [-0.2, 0) is 0 Å². The topological polar surface area (TPSA) is 38.5 Å². The van der Waals surface area contributed by atoms with Gasteiger partial charge >= 0.3 is 0 Å². The normalized spacial score (nSPS) is 12.0. The van der Waals surface area contributed by atoms with Gasteiger partial charge in [0.15, 0.2) is 0 Å². The summed E-state index contributed by atoms with van der Waals surface area (Å²) in [5.74, 6) is 1.34. The SMILES string of the molecule is Cc1ccccc1C(CN)CCCOc1cccc(N(C)C)c1. The van der Waals surface area contributed by atoms with Gasteiger partial charge in [-0.3, -0.25) is 0 Å². The summed E-state index contributed by atoms with van der Waals surface area (Å²) < 4.78 is 5.89. The Kier molecular flexibility index (Phi) is 6.48. The fourth-order valence-corrected chi connectivity index (χ4v) is 2.82. The third-order valence-corrected chi connectivity index (χ3v) is 4.21. The Morgan fingerprint density at radius 1 is 1.09 bits per heavy atom. The van der Waals surface area contributed by atoms with Crippen molar-refractivity contribution in [3.63, 3.8) is 0 Å². The molecule has 0 saturated carbocycles. The minimum absolute atomic E-state index is 0.410. The smallest absolute Gasteiger partial charge is 0.121 e. The maximum Gasteiger partial charge on any atom is 0.121 e. The fourth-order valence-electron chi connectivity index (χ4n) is 2.82. The molecule has 0 aliphatic carbocycles. The van der Waals surface area contributed by atoms with Gasteiger partial charge in [-0.25, -0.2) is 0 Å². The average molecular weight is 312 g/mol. The van der Waals surface area contributed by atoms with Gasteiger partial charge < -0.3 is 15.4 Å². The monoisotopic (exact) mass is 312 g/mol. The van der Waals surface area contributed by atoms with E-state index in [4.69, 9.17) is 10.5 Å². The predicted molar refractivity (Wildman–Crippen MR) is 98.5 cm³/mol. The second kappa shape index (κ2) is 8.59. The van der Waals surface area contributed by atoms with E-state index in [9.17, 15) is 0 Å². The van der Waals surface area contributed by atoms with Crippen LogP contribution in [0, 0.1) is 6.92 Å². The number of hydrogen-bond acceptors (Lipinski definition) is 3. The van der Waals surface area contributed by atoms with E-state index >= 15 is 0 Å². The van der Waals surface area contributed by atoms with Gasteiger partial charge in [-0.05, 0) is 55.5 Å². The molecule has 0 aromatic heterocycles. The van der Waals surface area contributed by atoms with Gasteiger partial charge in [-0.15, -0.1) is 0 Å². The molecule has 23 heavy (non-hydrogen) atoms. The highest BCUT2D eigenvalue weighted by Crippen LogP contribution is 2.24. The first-order valence-electron chi connectivity index (χ1n) is 8.27. The molecule has 0 aliphatic heterocycles. The summed E-state index contributed by atoms with van der Waals surface area (Å²) in [6.45, 7) is 3.56. The van der Waals surface area contributed by atoms with Crippen LogP contribution in [0.1, 0.15) is 29.9 Å². The summed E-state index contributed by atoms with van der Waals surface area (Å²) in [5, 5.41) is 0. The number of aryl methyl sites for hydroxylation is 1. The fraction of sp³-hybridized carbons (Fsp3) is 0.400. The molecule has 2 rings (SSSR count). The van der Waals surface area contributed by atoms with Crippen LogP contribution < -0.4 is 15.4 Å². The van der Waals surface area contributed by atoms with Gasteiger partial charge in [0.1, 0.15) is 5.75 Å². The summed E-state index contributed by atoms with van der Waals surface area (Å²) in [5.41, 5.74) is 9.82. The maximum absolute atomic E-state index is 5.97. The first kappa shape index (κ1) is 17.4. The number of rotatable bonds is 8. The number of anilines is 1. The third-order valence-electron chi connectivity index (χ3n) is 4.21. The zero-order chi connectivity index (χ0) is 16.7. The molecular weight excluding hydrogens is 284 g/mol. The average Bonchev–Trinajstić information content (AvgIpc) is 2.56. The molecule has 124 valence electrons. The van der Waals surface area contributed by atoms with Crippen molar-refractivity contribution in [2.45, 2.75) is 25.7 Å². The van der Waals surface area contributed by atoms with Gasteiger partial charge in [-0.2, -0.15) is 0 Å². The zero-order valence-corrected chi connectivity index (χ0v) is 14.5. The molecule has 0 amide bonds. The molecular formula is C20H28N2O. The van der Waals surface area contributed by atoms with E-state index < -0.39 is 0 Å². The van der Waals surface area contributed by atoms with Crippen molar-refractivity contribution in [1.82, 2.24) is 0 Å². The summed E-state index contributed by atoms with van der Waals surface area (Å²) in [7, 11) is 4.07. The molecule has 0 bridgehead atoms. The second-order valence-corrected chi connectivity index (χ2v) is 6.17. The molecule has 3 heteroatoms. The van der Waals surface area contributed by atoms with Gasteiger partial charge in [0.05, 0.1) is 6.61 Å². The first-order valence-corrected chi connectivity index (χ1v) is 8.27. The van der Waals surface area contributed by atoms with Crippen LogP contribution in [0.2, 0.25) is 0 Å². The van der Waals surface area contributed by atoms with Crippen molar-refractivity contribution in [3.8, 4) is 5.75 Å². The highest BCUT2D eigenvalue weighted by atomic mass is 16.5. The Morgan fingerprint density at radius 2 is 1.87 bits per heavy atom. The van der Waals surface area contributed by atoms with Crippen molar-refractivity contribution < 1.29 is 4.74 Å². The zero-order valence-electron chi connectivity index (χ0n) is 14.5. The van der Waals surface area contributed by atoms with Crippen LogP contribution in [0.15, 0.2) is 48.5 Å². The molecule has 1 atom stereocenters. The lowest BCUT2D eigenvalue weighted by Crippen LogP contribution is -2.14. The quantitative estimate of drug-likeness (QED) is 0.750. The van der Waals surface area contributed by atoms with Gasteiger partial charge in [0, 0.05) is 25.8 Å². The molecule has 0 saturated heterocycles. The minimum atomic E-state index is 0.410. The van der Waals surface area contributed by atoms with E-state index in [0.29, 0.717) is 12.5 Å². The van der Waals surface area contributed by atoms with Crippen molar-refractivity contribution in [3.05, 3.63) is 59.7 Å². The van der Waals surface area contributed by atoms with E-state index in [0.717, 1.165) is 30.9 Å². The second-order valence-electron chi connectivity index (χ2n) is 6.17. The Balaban J connectivity index is 1.84. The van der Waals surface area contributed by atoms with E-state index in [1.807, 2.05) is 26.2 Å². The lowest BCUT2D eigenvalue weighted by atomic mass is 9.91. The standard InChI is InChI=1S/C20H28N2O/c1-16-8-4-5-12-20(16)17(15-21)9-7-13-23-19-11-6-10-18(14-19)22(2)3/h4-6,8,10-12,14,17H,7,9,13,15,21H2,1-3H3. The van der Waals surface area contributed by atoms with E-state index in [-0.39, 0.29) is 0 Å². The summed E-state index contributed by atoms with van der Waals surface area (Å²) in [4.78, 5) is 2.08. The van der Waals surface area contributed by atoms with Crippen LogP contribution in [0.5, 0.6) is 5.75 Å². The third kappa shape index (κ3) is 5.00. The maximum atomic E-state index is 5.97. The van der Waals surface area contributed by atoms with Crippen molar-refractivity contribution in [2.24, 2.45) is 5.73 Å². The molecule has 2 aromatic carbocycles. The largest absolute Gasteiger partial charge is 0.494 e. The number of benzene rings is 2. The van der Waals surface area contributed by atoms with Gasteiger partial charge in [-0.1, -0.05) is 30.3 Å². The summed E-state index contributed by atoms with van der Waals surface area (Å²) in [6, 6.07) is 16.7. The molecule has 1 unspecified atom stereocenters. The summed E-state index contributed by atoms with van der Waals surface area (Å²) in [6.07, 6.45) is 2.05. The molecule has 0 heterocycles. The van der Waals surface area contributed by atoms with E-state index in [2.05, 4.69) is 48.2 Å². The number of hydrogen-bond donors (Lipinski definition) is 1. The molecule has 2 N–H and O–H groups in total.